The first kappa shape index (κ1) is 11.6. The van der Waals surface area contributed by atoms with E-state index in [1.807, 2.05) is 41.8 Å². The lowest BCUT2D eigenvalue weighted by molar-refractivity contribution is 0.104. The van der Waals surface area contributed by atoms with Gasteiger partial charge in [-0.25, -0.2) is 0 Å². The molecule has 0 radical (unpaired) electrons. The Bertz CT molecular complexity index is 476. The van der Waals surface area contributed by atoms with Gasteiger partial charge in [0.25, 0.3) is 0 Å². The summed E-state index contributed by atoms with van der Waals surface area (Å²) in [5, 5.41) is 2.81. The summed E-state index contributed by atoms with van der Waals surface area (Å²) in [4.78, 5) is 13.0. The molecule has 0 fully saturated rings. The third-order valence-corrected chi connectivity index (χ3v) is 3.64. The Kier molecular flexibility index (Phi) is 3.91. The zero-order valence-electron chi connectivity index (χ0n) is 8.65. The smallest absolute Gasteiger partial charge is 0.203 e. The van der Waals surface area contributed by atoms with Gasteiger partial charge in [-0.15, -0.1) is 11.3 Å². The molecule has 0 aliphatic heterocycles. The summed E-state index contributed by atoms with van der Waals surface area (Å²) in [5.41, 5.74) is 1.93. The molecule has 0 bridgehead atoms. The highest BCUT2D eigenvalue weighted by atomic mass is 79.9. The van der Waals surface area contributed by atoms with Crippen LogP contribution in [0, 0.1) is 0 Å². The fourth-order valence-electron chi connectivity index (χ4n) is 1.60. The van der Waals surface area contributed by atoms with Gasteiger partial charge in [0, 0.05) is 10.9 Å². The van der Waals surface area contributed by atoms with Crippen LogP contribution in [0.2, 0.25) is 0 Å². The zero-order chi connectivity index (χ0) is 11.4. The number of rotatable bonds is 4. The minimum atomic E-state index is 0.131. The van der Waals surface area contributed by atoms with Crippen LogP contribution in [0.15, 0.2) is 41.8 Å². The molecule has 1 nitrogen and oxygen atoms in total. The highest BCUT2D eigenvalue weighted by Gasteiger charge is 2.13. The third-order valence-electron chi connectivity index (χ3n) is 2.37. The number of carbonyl (C=O) groups is 1. The molecule has 3 heteroatoms. The highest BCUT2D eigenvalue weighted by molar-refractivity contribution is 9.09. The molecule has 0 spiro atoms. The Morgan fingerprint density at radius 3 is 2.69 bits per heavy atom. The van der Waals surface area contributed by atoms with Crippen LogP contribution in [0.4, 0.5) is 0 Å². The van der Waals surface area contributed by atoms with Crippen molar-refractivity contribution in [2.24, 2.45) is 0 Å². The van der Waals surface area contributed by atoms with Crippen molar-refractivity contribution in [1.82, 2.24) is 0 Å². The number of aryl methyl sites for hydroxylation is 1. The van der Waals surface area contributed by atoms with Crippen molar-refractivity contribution in [3.63, 3.8) is 0 Å². The zero-order valence-corrected chi connectivity index (χ0v) is 11.1. The molecule has 1 aromatic carbocycles. The Morgan fingerprint density at radius 1 is 1.19 bits per heavy atom. The maximum absolute atomic E-state index is 12.2. The molecule has 2 aromatic rings. The maximum atomic E-state index is 12.2. The van der Waals surface area contributed by atoms with E-state index in [0.29, 0.717) is 0 Å². The van der Waals surface area contributed by atoms with Crippen molar-refractivity contribution in [2.75, 3.05) is 5.33 Å². The number of thiophene rings is 1. The van der Waals surface area contributed by atoms with Crippen molar-refractivity contribution < 1.29 is 4.79 Å². The predicted octanol–water partition coefficient (Wildman–Crippen LogP) is 3.92. The average Bonchev–Trinajstić information content (AvgIpc) is 2.83. The van der Waals surface area contributed by atoms with Crippen LogP contribution >= 0.6 is 27.3 Å². The van der Waals surface area contributed by atoms with E-state index in [0.717, 1.165) is 27.8 Å². The largest absolute Gasteiger partial charge is 0.288 e. The second kappa shape index (κ2) is 5.41. The molecule has 1 heterocycles. The highest BCUT2D eigenvalue weighted by Crippen LogP contribution is 2.18. The Balaban J connectivity index is 2.36. The van der Waals surface area contributed by atoms with E-state index in [1.54, 1.807) is 0 Å². The minimum Gasteiger partial charge on any atom is -0.288 e. The number of hydrogen-bond donors (Lipinski definition) is 0. The lowest BCUT2D eigenvalue weighted by Gasteiger charge is -2.05. The monoisotopic (exact) mass is 294 g/mol. The Morgan fingerprint density at radius 2 is 2.00 bits per heavy atom. The SMILES string of the molecule is O=C(c1cccs1)c1ccccc1CCBr. The summed E-state index contributed by atoms with van der Waals surface area (Å²) in [7, 11) is 0. The average molecular weight is 295 g/mol. The topological polar surface area (TPSA) is 17.1 Å². The second-order valence-corrected chi connectivity index (χ2v) is 5.14. The van der Waals surface area contributed by atoms with Crippen LogP contribution in [0.25, 0.3) is 0 Å². The number of halogens is 1. The number of benzene rings is 1. The molecular weight excluding hydrogens is 284 g/mol. The first-order chi connectivity index (χ1) is 7.83. The molecule has 0 aliphatic rings. The van der Waals surface area contributed by atoms with E-state index in [2.05, 4.69) is 15.9 Å². The van der Waals surface area contributed by atoms with Gasteiger partial charge >= 0.3 is 0 Å². The number of ketones is 1. The van der Waals surface area contributed by atoms with Gasteiger partial charge in [-0.2, -0.15) is 0 Å². The molecule has 0 amide bonds. The van der Waals surface area contributed by atoms with E-state index in [1.165, 1.54) is 11.3 Å². The first-order valence-corrected chi connectivity index (χ1v) is 7.05. The summed E-state index contributed by atoms with van der Waals surface area (Å²) in [6, 6.07) is 11.6. The van der Waals surface area contributed by atoms with Gasteiger partial charge in [-0.05, 0) is 23.4 Å². The predicted molar refractivity (Wildman–Crippen MR) is 71.7 cm³/mol. The van der Waals surface area contributed by atoms with Crippen molar-refractivity contribution in [3.8, 4) is 0 Å². The normalized spacial score (nSPS) is 10.3. The van der Waals surface area contributed by atoms with Gasteiger partial charge < -0.3 is 0 Å². The number of hydrogen-bond acceptors (Lipinski definition) is 2. The summed E-state index contributed by atoms with van der Waals surface area (Å²) >= 11 is 4.90. The number of alkyl halides is 1. The maximum Gasteiger partial charge on any atom is 0.203 e. The second-order valence-electron chi connectivity index (χ2n) is 3.40. The Labute approximate surface area is 107 Å². The summed E-state index contributed by atoms with van der Waals surface area (Å²) < 4.78 is 0. The molecule has 1 aromatic heterocycles. The molecule has 0 atom stereocenters. The summed E-state index contributed by atoms with van der Waals surface area (Å²) in [6.07, 6.45) is 0.882. The van der Waals surface area contributed by atoms with Crippen LogP contribution in [-0.2, 0) is 6.42 Å². The van der Waals surface area contributed by atoms with Crippen molar-refractivity contribution in [3.05, 3.63) is 57.8 Å². The van der Waals surface area contributed by atoms with Crippen LogP contribution in [0.3, 0.4) is 0 Å². The van der Waals surface area contributed by atoms with Crippen LogP contribution in [-0.4, -0.2) is 11.1 Å². The summed E-state index contributed by atoms with van der Waals surface area (Å²) in [6.45, 7) is 0. The van der Waals surface area contributed by atoms with E-state index in [-0.39, 0.29) is 5.78 Å². The van der Waals surface area contributed by atoms with Crippen LogP contribution in [0.1, 0.15) is 20.8 Å². The molecule has 82 valence electrons. The van der Waals surface area contributed by atoms with E-state index < -0.39 is 0 Å². The first-order valence-electron chi connectivity index (χ1n) is 5.05. The molecule has 0 saturated heterocycles. The van der Waals surface area contributed by atoms with Crippen LogP contribution in [0.5, 0.6) is 0 Å². The molecule has 0 N–H and O–H groups in total. The molecule has 0 unspecified atom stereocenters. The van der Waals surface area contributed by atoms with Gasteiger partial charge in [0.15, 0.2) is 0 Å². The third kappa shape index (κ3) is 2.42. The van der Waals surface area contributed by atoms with Gasteiger partial charge in [-0.1, -0.05) is 46.3 Å². The quantitative estimate of drug-likeness (QED) is 0.617. The lowest BCUT2D eigenvalue weighted by atomic mass is 10.0. The van der Waals surface area contributed by atoms with Gasteiger partial charge in [0.2, 0.25) is 5.78 Å². The molecule has 16 heavy (non-hydrogen) atoms. The minimum absolute atomic E-state index is 0.131. The van der Waals surface area contributed by atoms with E-state index >= 15 is 0 Å². The standard InChI is InChI=1S/C13H11BrOS/c14-8-7-10-4-1-2-5-11(10)13(15)12-6-3-9-16-12/h1-6,9H,7-8H2. The van der Waals surface area contributed by atoms with E-state index in [9.17, 15) is 4.79 Å². The van der Waals surface area contributed by atoms with Crippen molar-refractivity contribution in [1.29, 1.82) is 0 Å². The summed E-state index contributed by atoms with van der Waals surface area (Å²) in [5.74, 6) is 0.131. The lowest BCUT2D eigenvalue weighted by Crippen LogP contribution is -2.04. The molecular formula is C13H11BrOS. The Hall–Kier alpha value is -0.930. The van der Waals surface area contributed by atoms with Gasteiger partial charge in [-0.3, -0.25) is 4.79 Å². The number of carbonyl (C=O) groups excluding carboxylic acids is 1. The van der Waals surface area contributed by atoms with Crippen LogP contribution < -0.4 is 0 Å². The van der Waals surface area contributed by atoms with E-state index in [4.69, 9.17) is 0 Å². The molecule has 0 aliphatic carbocycles. The molecule has 0 saturated carbocycles. The molecule has 2 rings (SSSR count). The fraction of sp³-hybridized carbons (Fsp3) is 0.154. The van der Waals surface area contributed by atoms with Gasteiger partial charge in [0.1, 0.15) is 0 Å². The van der Waals surface area contributed by atoms with Gasteiger partial charge in [0.05, 0.1) is 4.88 Å². The fourth-order valence-corrected chi connectivity index (χ4v) is 2.71. The van der Waals surface area contributed by atoms with Crippen molar-refractivity contribution in [2.45, 2.75) is 6.42 Å². The van der Waals surface area contributed by atoms with Crippen molar-refractivity contribution >= 4 is 33.0 Å².